The summed E-state index contributed by atoms with van der Waals surface area (Å²) in [4.78, 5) is 12.1. The van der Waals surface area contributed by atoms with Crippen LogP contribution in [0.4, 0.5) is 13.2 Å². The van der Waals surface area contributed by atoms with Crippen molar-refractivity contribution in [2.45, 2.75) is 6.92 Å². The molecule has 98 valence electrons. The van der Waals surface area contributed by atoms with Gasteiger partial charge in [0.05, 0.1) is 5.56 Å². The number of halogens is 4. The van der Waals surface area contributed by atoms with Crippen molar-refractivity contribution in [3.05, 3.63) is 68.9 Å². The number of carbonyl (C=O) groups excluding carboxylic acids is 1. The van der Waals surface area contributed by atoms with Crippen LogP contribution in [-0.4, -0.2) is 5.78 Å². The Morgan fingerprint density at radius 1 is 1.00 bits per heavy atom. The molecule has 0 amide bonds. The number of aryl methyl sites for hydroxylation is 1. The second-order valence-electron chi connectivity index (χ2n) is 4.09. The predicted molar refractivity (Wildman–Crippen MR) is 68.6 cm³/mol. The molecule has 2 aromatic rings. The number of rotatable bonds is 2. The lowest BCUT2D eigenvalue weighted by Crippen LogP contribution is -2.08. The van der Waals surface area contributed by atoms with E-state index >= 15 is 0 Å². The van der Waals surface area contributed by atoms with E-state index in [4.69, 9.17) is 0 Å². The van der Waals surface area contributed by atoms with Crippen LogP contribution >= 0.6 is 15.9 Å². The van der Waals surface area contributed by atoms with Crippen molar-refractivity contribution in [2.75, 3.05) is 0 Å². The Hall–Kier alpha value is -1.62. The summed E-state index contributed by atoms with van der Waals surface area (Å²) in [5, 5.41) is 0. The summed E-state index contributed by atoms with van der Waals surface area (Å²) in [5.41, 5.74) is 0.149. The van der Waals surface area contributed by atoms with Crippen LogP contribution in [0.1, 0.15) is 21.5 Å². The molecule has 0 heterocycles. The first kappa shape index (κ1) is 13.8. The summed E-state index contributed by atoms with van der Waals surface area (Å²) < 4.78 is 40.5. The summed E-state index contributed by atoms with van der Waals surface area (Å²) in [7, 11) is 0. The fourth-order valence-electron chi connectivity index (χ4n) is 1.77. The van der Waals surface area contributed by atoms with Crippen LogP contribution in [-0.2, 0) is 0 Å². The first-order valence-electron chi connectivity index (χ1n) is 5.35. The smallest absolute Gasteiger partial charge is 0.198 e. The highest BCUT2D eigenvalue weighted by molar-refractivity contribution is 9.10. The molecule has 5 heteroatoms. The highest BCUT2D eigenvalue weighted by Crippen LogP contribution is 2.22. The van der Waals surface area contributed by atoms with Crippen LogP contribution in [0.3, 0.4) is 0 Å². The summed E-state index contributed by atoms with van der Waals surface area (Å²) >= 11 is 3.20. The summed E-state index contributed by atoms with van der Waals surface area (Å²) in [6.45, 7) is 1.75. The van der Waals surface area contributed by atoms with Gasteiger partial charge >= 0.3 is 0 Å². The molecule has 0 saturated heterocycles. The summed E-state index contributed by atoms with van der Waals surface area (Å²) in [6.07, 6.45) is 0. The molecule has 0 fully saturated rings. The third kappa shape index (κ3) is 2.87. The van der Waals surface area contributed by atoms with Gasteiger partial charge in [0.1, 0.15) is 17.5 Å². The molecule has 19 heavy (non-hydrogen) atoms. The monoisotopic (exact) mass is 328 g/mol. The molecule has 0 bridgehead atoms. The van der Waals surface area contributed by atoms with E-state index in [1.54, 1.807) is 13.0 Å². The largest absolute Gasteiger partial charge is 0.288 e. The standard InChI is InChI=1S/C14H8BrF3O/c1-7-2-8(4-9(15)3-7)14(19)13-11(17)5-10(16)6-12(13)18/h2-6H,1H3. The lowest BCUT2D eigenvalue weighted by atomic mass is 10.0. The van der Waals surface area contributed by atoms with Gasteiger partial charge in [-0.05, 0) is 30.7 Å². The zero-order chi connectivity index (χ0) is 14.2. The molecule has 0 aliphatic carbocycles. The van der Waals surface area contributed by atoms with Gasteiger partial charge in [-0.1, -0.05) is 15.9 Å². The number of ketones is 1. The van der Waals surface area contributed by atoms with E-state index in [0.717, 1.165) is 5.56 Å². The average molecular weight is 329 g/mol. The third-order valence-electron chi connectivity index (χ3n) is 2.54. The lowest BCUT2D eigenvalue weighted by molar-refractivity contribution is 0.103. The minimum Gasteiger partial charge on any atom is -0.288 e. The van der Waals surface area contributed by atoms with Gasteiger partial charge in [-0.2, -0.15) is 0 Å². The summed E-state index contributed by atoms with van der Waals surface area (Å²) in [6, 6.07) is 5.70. The molecule has 0 aliphatic rings. The number of hydrogen-bond donors (Lipinski definition) is 0. The van der Waals surface area contributed by atoms with Crippen molar-refractivity contribution >= 4 is 21.7 Å². The van der Waals surface area contributed by atoms with Gasteiger partial charge in [0.2, 0.25) is 0 Å². The highest BCUT2D eigenvalue weighted by atomic mass is 79.9. The van der Waals surface area contributed by atoms with Crippen molar-refractivity contribution in [1.82, 2.24) is 0 Å². The van der Waals surface area contributed by atoms with Crippen molar-refractivity contribution in [3.8, 4) is 0 Å². The van der Waals surface area contributed by atoms with Crippen LogP contribution in [0, 0.1) is 24.4 Å². The molecule has 2 rings (SSSR count). The van der Waals surface area contributed by atoms with Crippen molar-refractivity contribution in [2.24, 2.45) is 0 Å². The quantitative estimate of drug-likeness (QED) is 0.746. The first-order chi connectivity index (χ1) is 8.88. The van der Waals surface area contributed by atoms with Crippen molar-refractivity contribution in [3.63, 3.8) is 0 Å². The minimum absolute atomic E-state index is 0.135. The van der Waals surface area contributed by atoms with E-state index in [0.29, 0.717) is 16.6 Å². The maximum Gasteiger partial charge on any atom is 0.198 e. The molecule has 0 radical (unpaired) electrons. The molecule has 1 nitrogen and oxygen atoms in total. The molecule has 0 spiro atoms. The zero-order valence-electron chi connectivity index (χ0n) is 9.81. The van der Waals surface area contributed by atoms with E-state index < -0.39 is 28.8 Å². The predicted octanol–water partition coefficient (Wildman–Crippen LogP) is 4.41. The highest BCUT2D eigenvalue weighted by Gasteiger charge is 2.20. The van der Waals surface area contributed by atoms with Crippen LogP contribution in [0.5, 0.6) is 0 Å². The Bertz CT molecular complexity index is 624. The molecular formula is C14H8BrF3O. The Balaban J connectivity index is 2.56. The molecule has 0 N–H and O–H groups in total. The van der Waals surface area contributed by atoms with Gasteiger partial charge in [0.15, 0.2) is 5.78 Å². The average Bonchev–Trinajstić information content (AvgIpc) is 2.25. The second kappa shape index (κ2) is 5.17. The number of hydrogen-bond acceptors (Lipinski definition) is 1. The van der Waals surface area contributed by atoms with Crippen molar-refractivity contribution < 1.29 is 18.0 Å². The molecule has 0 unspecified atom stereocenters. The van der Waals surface area contributed by atoms with E-state index in [2.05, 4.69) is 15.9 Å². The molecule has 0 aromatic heterocycles. The topological polar surface area (TPSA) is 17.1 Å². The SMILES string of the molecule is Cc1cc(Br)cc(C(=O)c2c(F)cc(F)cc2F)c1. The van der Waals surface area contributed by atoms with Gasteiger partial charge in [-0.3, -0.25) is 4.79 Å². The molecule has 2 aromatic carbocycles. The Kier molecular flexibility index (Phi) is 3.75. The maximum absolute atomic E-state index is 13.5. The first-order valence-corrected chi connectivity index (χ1v) is 6.14. The van der Waals surface area contributed by atoms with Crippen LogP contribution in [0.2, 0.25) is 0 Å². The van der Waals surface area contributed by atoms with Crippen LogP contribution in [0.15, 0.2) is 34.8 Å². The van der Waals surface area contributed by atoms with Gasteiger partial charge in [-0.15, -0.1) is 0 Å². The fraction of sp³-hybridized carbons (Fsp3) is 0.0714. The molecular weight excluding hydrogens is 321 g/mol. The van der Waals surface area contributed by atoms with Gasteiger partial charge in [0, 0.05) is 22.2 Å². The van der Waals surface area contributed by atoms with E-state index in [1.165, 1.54) is 12.1 Å². The summed E-state index contributed by atoms with van der Waals surface area (Å²) in [5.74, 6) is -4.29. The van der Waals surface area contributed by atoms with Crippen LogP contribution < -0.4 is 0 Å². The maximum atomic E-state index is 13.5. The van der Waals surface area contributed by atoms with Gasteiger partial charge < -0.3 is 0 Å². The van der Waals surface area contributed by atoms with Crippen molar-refractivity contribution in [1.29, 1.82) is 0 Å². The van der Waals surface area contributed by atoms with E-state index in [9.17, 15) is 18.0 Å². The Morgan fingerprint density at radius 3 is 2.11 bits per heavy atom. The molecule has 0 saturated carbocycles. The molecule has 0 aliphatic heterocycles. The normalized spacial score (nSPS) is 10.6. The van der Waals surface area contributed by atoms with Gasteiger partial charge in [-0.25, -0.2) is 13.2 Å². The fourth-order valence-corrected chi connectivity index (χ4v) is 2.38. The van der Waals surface area contributed by atoms with Crippen LogP contribution in [0.25, 0.3) is 0 Å². The van der Waals surface area contributed by atoms with Gasteiger partial charge in [0.25, 0.3) is 0 Å². The Morgan fingerprint density at radius 2 is 1.58 bits per heavy atom. The van der Waals surface area contributed by atoms with E-state index in [-0.39, 0.29) is 5.56 Å². The molecule has 0 atom stereocenters. The minimum atomic E-state index is -1.21. The second-order valence-corrected chi connectivity index (χ2v) is 5.01. The third-order valence-corrected chi connectivity index (χ3v) is 3.00. The van der Waals surface area contributed by atoms with E-state index in [1.807, 2.05) is 0 Å². The zero-order valence-corrected chi connectivity index (χ0v) is 11.4. The Labute approximate surface area is 116 Å². The lowest BCUT2D eigenvalue weighted by Gasteiger charge is -2.06. The number of benzene rings is 2. The number of carbonyl (C=O) groups is 1.